The standard InChI is InChI=1S/C16H16N4O8S.C13H12O3.C8H11NO5S/c1-26-19-9(8-3-2-4-27-8)12(21)18-10-13(22)20-11(15(23)24)7(5-28-16(17)25)6-29-14(10)20;1-16-12-5-4-10-6-9(7-13(14)15)2-3-11(10)8-12;1-8(2)6(7(11)12)9-4(10)3-5(9)15(8,13)14/h2-4,10,14H,5-6H2,1H3,(H2,17,25)(H,18,21)(H,23,24);2-6,8H,7H2,1H3,(H,14,15);5-6H,3H2,1-2H3,(H,11,12)/b19-9-;;/t10-,14-;;5-,6+/m1.1/s1. The van der Waals surface area contributed by atoms with Gasteiger partial charge in [0.15, 0.2) is 15.6 Å². The number of amides is 4. The Morgan fingerprint density at radius 3 is 2.27 bits per heavy atom. The van der Waals surface area contributed by atoms with Crippen molar-refractivity contribution in [2.45, 2.75) is 54.3 Å². The Kier molecular flexibility index (Phi) is 13.1. The van der Waals surface area contributed by atoms with Gasteiger partial charge < -0.3 is 50.0 Å². The molecular formula is C37H39N5O16S2. The number of ether oxygens (including phenoxy) is 2. The van der Waals surface area contributed by atoms with Crippen molar-refractivity contribution in [2.24, 2.45) is 10.9 Å². The van der Waals surface area contributed by atoms with E-state index >= 15 is 0 Å². The van der Waals surface area contributed by atoms with Crippen LogP contribution in [0.1, 0.15) is 31.6 Å². The molecule has 0 spiro atoms. The van der Waals surface area contributed by atoms with Crippen LogP contribution in [-0.4, -0.2) is 135 Å². The molecule has 23 heteroatoms. The second kappa shape index (κ2) is 17.7. The van der Waals surface area contributed by atoms with Crippen LogP contribution < -0.4 is 15.8 Å². The van der Waals surface area contributed by atoms with Crippen LogP contribution in [0.2, 0.25) is 0 Å². The van der Waals surface area contributed by atoms with Gasteiger partial charge in [0.1, 0.15) is 48.0 Å². The zero-order valence-electron chi connectivity index (χ0n) is 32.2. The first-order chi connectivity index (χ1) is 28.2. The summed E-state index contributed by atoms with van der Waals surface area (Å²) in [4.78, 5) is 87.0. The number of hydrogen-bond acceptors (Lipinski definition) is 15. The van der Waals surface area contributed by atoms with Crippen molar-refractivity contribution in [2.75, 3.05) is 26.6 Å². The van der Waals surface area contributed by atoms with E-state index in [0.29, 0.717) is 0 Å². The highest BCUT2D eigenvalue weighted by Crippen LogP contribution is 2.45. The molecule has 60 heavy (non-hydrogen) atoms. The zero-order valence-corrected chi connectivity index (χ0v) is 33.9. The Labute approximate surface area is 345 Å². The second-order valence-electron chi connectivity index (χ2n) is 13.8. The number of aliphatic carboxylic acids is 3. The lowest BCUT2D eigenvalue weighted by molar-refractivity contribution is -0.157. The Bertz CT molecular complexity index is 2410. The van der Waals surface area contributed by atoms with E-state index in [1.54, 1.807) is 13.2 Å². The molecule has 2 aromatic carbocycles. The number of β-lactam (4-membered cyclic amide) rings is 2. The number of carboxylic acid groups (broad SMARTS) is 3. The number of methoxy groups -OCH3 is 1. The van der Waals surface area contributed by atoms with Crippen LogP contribution in [0.5, 0.6) is 5.75 Å². The maximum absolute atomic E-state index is 12.6. The van der Waals surface area contributed by atoms with Crippen molar-refractivity contribution >= 4 is 79.8 Å². The first kappa shape index (κ1) is 44.5. The molecule has 0 saturated carbocycles. The highest BCUT2D eigenvalue weighted by Gasteiger charge is 2.68. The monoisotopic (exact) mass is 873 g/mol. The summed E-state index contributed by atoms with van der Waals surface area (Å²) in [6, 6.07) is 12.2. The number of sulfone groups is 1. The molecule has 4 atom stereocenters. The predicted octanol–water partition coefficient (Wildman–Crippen LogP) is 1.14. The number of carboxylic acids is 3. The number of oxime groups is 1. The van der Waals surface area contributed by atoms with Gasteiger partial charge in [-0.2, -0.15) is 0 Å². The van der Waals surface area contributed by atoms with Crippen molar-refractivity contribution in [3.8, 4) is 5.75 Å². The number of rotatable bonds is 11. The van der Waals surface area contributed by atoms with E-state index in [-0.39, 0.29) is 47.9 Å². The molecule has 6 N–H and O–H groups in total. The zero-order chi connectivity index (χ0) is 44.3. The minimum Gasteiger partial charge on any atom is -0.497 e. The summed E-state index contributed by atoms with van der Waals surface area (Å²) < 4.78 is 37.3. The molecule has 21 nitrogen and oxygen atoms in total. The lowest BCUT2D eigenvalue weighted by Gasteiger charge is -2.49. The number of fused-ring (bicyclic) bond motifs is 3. The van der Waals surface area contributed by atoms with E-state index < -0.39 is 79.1 Å². The molecule has 4 aliphatic heterocycles. The van der Waals surface area contributed by atoms with Crippen LogP contribution in [0.25, 0.3) is 10.8 Å². The molecule has 0 unspecified atom stereocenters. The van der Waals surface area contributed by atoms with Crippen LogP contribution in [0.3, 0.4) is 0 Å². The van der Waals surface area contributed by atoms with Crippen LogP contribution in [0.15, 0.2) is 75.6 Å². The van der Waals surface area contributed by atoms with Crippen LogP contribution in [0.4, 0.5) is 4.79 Å². The number of furan rings is 1. The Morgan fingerprint density at radius 1 is 1.03 bits per heavy atom. The molecule has 0 aliphatic carbocycles. The van der Waals surface area contributed by atoms with E-state index in [9.17, 15) is 47.1 Å². The molecular weight excluding hydrogens is 835 g/mol. The summed E-state index contributed by atoms with van der Waals surface area (Å²) in [6.45, 7) is 2.36. The van der Waals surface area contributed by atoms with Crippen molar-refractivity contribution in [3.05, 3.63) is 77.4 Å². The normalized spacial score (nSPS) is 22.0. The second-order valence-corrected chi connectivity index (χ2v) is 17.6. The van der Waals surface area contributed by atoms with Gasteiger partial charge in [0.2, 0.25) is 11.6 Å². The Hall–Kier alpha value is -6.62. The number of nitrogens with zero attached hydrogens (tertiary/aromatic N) is 3. The molecule has 3 saturated heterocycles. The van der Waals surface area contributed by atoms with Gasteiger partial charge in [0.05, 0.1) is 31.0 Å². The lowest BCUT2D eigenvalue weighted by Crippen LogP contribution is -2.71. The third-order valence-corrected chi connectivity index (χ3v) is 13.9. The molecule has 0 bridgehead atoms. The number of thioether (sulfide) groups is 1. The highest BCUT2D eigenvalue weighted by molar-refractivity contribution is 8.00. The maximum atomic E-state index is 12.6. The van der Waals surface area contributed by atoms with E-state index in [4.69, 9.17) is 25.1 Å². The first-order valence-corrected chi connectivity index (χ1v) is 20.2. The summed E-state index contributed by atoms with van der Waals surface area (Å²) in [7, 11) is -0.690. The number of hydrogen-bond donors (Lipinski definition) is 5. The maximum Gasteiger partial charge on any atom is 0.404 e. The fourth-order valence-corrected chi connectivity index (χ4v) is 10.2. The van der Waals surface area contributed by atoms with Gasteiger partial charge in [-0.25, -0.2) is 22.8 Å². The van der Waals surface area contributed by atoms with Gasteiger partial charge in [-0.1, -0.05) is 29.4 Å². The minimum absolute atomic E-state index is 0.0575. The molecule has 3 aromatic rings. The van der Waals surface area contributed by atoms with Gasteiger partial charge >= 0.3 is 24.0 Å². The van der Waals surface area contributed by atoms with Crippen LogP contribution in [0, 0.1) is 0 Å². The fraction of sp³-hybridized carbons (Fsp3) is 0.351. The number of nitrogens with two attached hydrogens (primary N) is 1. The molecule has 320 valence electrons. The van der Waals surface area contributed by atoms with Gasteiger partial charge in [-0.15, -0.1) is 11.8 Å². The number of carbonyl (C=O) groups is 7. The number of nitrogens with one attached hydrogen (secondary N) is 1. The average molecular weight is 874 g/mol. The summed E-state index contributed by atoms with van der Waals surface area (Å²) in [5.74, 6) is -4.06. The fourth-order valence-electron chi connectivity index (χ4n) is 6.78. The molecule has 1 aromatic heterocycles. The molecule has 4 aliphatic rings. The predicted molar refractivity (Wildman–Crippen MR) is 209 cm³/mol. The minimum atomic E-state index is -3.57. The van der Waals surface area contributed by atoms with E-state index in [0.717, 1.165) is 31.9 Å². The smallest absolute Gasteiger partial charge is 0.404 e. The average Bonchev–Trinajstić information content (AvgIpc) is 3.76. The molecule has 3 fully saturated rings. The van der Waals surface area contributed by atoms with Gasteiger partial charge in [-0.3, -0.25) is 24.1 Å². The van der Waals surface area contributed by atoms with Crippen molar-refractivity contribution < 1.29 is 76.0 Å². The Balaban J connectivity index is 0.000000186. The summed E-state index contributed by atoms with van der Waals surface area (Å²) >= 11 is 1.21. The molecule has 5 heterocycles. The summed E-state index contributed by atoms with van der Waals surface area (Å²) in [6.07, 6.45) is 0.260. The van der Waals surface area contributed by atoms with Crippen LogP contribution >= 0.6 is 11.8 Å². The van der Waals surface area contributed by atoms with Gasteiger partial charge in [0.25, 0.3) is 11.8 Å². The quantitative estimate of drug-likeness (QED) is 0.102. The topological polar surface area (TPSA) is 312 Å². The van der Waals surface area contributed by atoms with Gasteiger partial charge in [0, 0.05) is 11.3 Å². The largest absolute Gasteiger partial charge is 0.497 e. The van der Waals surface area contributed by atoms with Gasteiger partial charge in [-0.05, 0) is 54.4 Å². The van der Waals surface area contributed by atoms with E-state index in [1.165, 1.54) is 45.0 Å². The third-order valence-electron chi connectivity index (χ3n) is 9.75. The van der Waals surface area contributed by atoms with E-state index in [2.05, 4.69) is 20.0 Å². The lowest BCUT2D eigenvalue weighted by atomic mass is 9.98. The Morgan fingerprint density at radius 2 is 1.72 bits per heavy atom. The van der Waals surface area contributed by atoms with Crippen molar-refractivity contribution in [1.29, 1.82) is 0 Å². The molecule has 0 radical (unpaired) electrons. The molecule has 4 amide bonds. The van der Waals surface area contributed by atoms with Crippen molar-refractivity contribution in [3.63, 3.8) is 0 Å². The number of carbonyl (C=O) groups excluding carboxylic acids is 4. The number of benzene rings is 2. The van der Waals surface area contributed by atoms with E-state index in [1.807, 2.05) is 36.4 Å². The number of primary amides is 1. The summed E-state index contributed by atoms with van der Waals surface area (Å²) in [5, 5.41) is 33.8. The highest BCUT2D eigenvalue weighted by atomic mass is 32.2. The summed E-state index contributed by atoms with van der Waals surface area (Å²) in [5.41, 5.74) is 5.49. The van der Waals surface area contributed by atoms with Crippen molar-refractivity contribution in [1.82, 2.24) is 15.1 Å². The SMILES string of the molecule is CC1(C)[C@H](C(=O)O)N2C(=O)C[C@H]2S1(=O)=O.CO/N=C(\C(=O)N[C@@H]1C(=O)N2C(C(=O)O)=C(COC(N)=O)CS[C@H]12)c1ccco1.COc1ccc2cc(CC(=O)O)ccc2c1. The third kappa shape index (κ3) is 8.71. The molecule has 7 rings (SSSR count). The first-order valence-electron chi connectivity index (χ1n) is 17.6. The van der Waals surface area contributed by atoms with Crippen LogP contribution in [-0.2, 0) is 54.6 Å².